The first-order valence-electron chi connectivity index (χ1n) is 2.68. The summed E-state index contributed by atoms with van der Waals surface area (Å²) in [6.07, 6.45) is 2.08. The van der Waals surface area contributed by atoms with Crippen LogP contribution in [-0.4, -0.2) is 8.67 Å². The second kappa shape index (κ2) is 3.53. The lowest BCUT2D eigenvalue weighted by atomic mass is 10.1. The van der Waals surface area contributed by atoms with E-state index in [-0.39, 0.29) is 0 Å². The standard InChI is InChI=1S/C6H8Cl4/c1-3-4-5(2,7)6(8,9)10/h3H,1,4H2,2H3. The fourth-order valence-electron chi connectivity index (χ4n) is 0.387. The fraction of sp³-hybridized carbons (Fsp3) is 0.667. The molecule has 0 fully saturated rings. The average Bonchev–Trinajstić information content (AvgIpc) is 1.61. The second-order valence-corrected chi connectivity index (χ2v) is 5.30. The SMILES string of the molecule is C=CCC(C)(Cl)C(Cl)(Cl)Cl. The van der Waals surface area contributed by atoms with E-state index in [1.54, 1.807) is 13.0 Å². The molecule has 0 saturated heterocycles. The van der Waals surface area contributed by atoms with Gasteiger partial charge in [0.05, 0.1) is 4.87 Å². The second-order valence-electron chi connectivity index (χ2n) is 2.19. The van der Waals surface area contributed by atoms with Crippen molar-refractivity contribution in [2.45, 2.75) is 22.0 Å². The number of allylic oxidation sites excluding steroid dienone is 1. The summed E-state index contributed by atoms with van der Waals surface area (Å²) in [5, 5.41) is 0. The van der Waals surface area contributed by atoms with Crippen LogP contribution < -0.4 is 0 Å². The van der Waals surface area contributed by atoms with Crippen molar-refractivity contribution in [3.63, 3.8) is 0 Å². The first-order valence-corrected chi connectivity index (χ1v) is 4.19. The molecule has 0 heterocycles. The highest BCUT2D eigenvalue weighted by molar-refractivity contribution is 6.70. The summed E-state index contributed by atoms with van der Waals surface area (Å²) in [4.78, 5) is -0.862. The molecule has 0 aliphatic rings. The van der Waals surface area contributed by atoms with Crippen LogP contribution in [0.15, 0.2) is 12.7 Å². The predicted molar refractivity (Wildman–Crippen MR) is 49.4 cm³/mol. The molecule has 0 aliphatic carbocycles. The minimum Gasteiger partial charge on any atom is -0.115 e. The Morgan fingerprint density at radius 2 is 1.70 bits per heavy atom. The zero-order chi connectivity index (χ0) is 8.41. The summed E-state index contributed by atoms with van der Waals surface area (Å²) in [7, 11) is 0. The monoisotopic (exact) mass is 220 g/mol. The molecule has 0 rings (SSSR count). The molecule has 0 amide bonds. The molecule has 0 saturated carbocycles. The highest BCUT2D eigenvalue weighted by atomic mass is 35.6. The Balaban J connectivity index is 4.23. The van der Waals surface area contributed by atoms with Gasteiger partial charge >= 0.3 is 0 Å². The Labute approximate surface area is 81.1 Å². The number of hydrogen-bond acceptors (Lipinski definition) is 0. The minimum absolute atomic E-state index is 0.463. The van der Waals surface area contributed by atoms with Crippen molar-refractivity contribution in [3.8, 4) is 0 Å². The van der Waals surface area contributed by atoms with Gasteiger partial charge in [0.1, 0.15) is 0 Å². The molecule has 0 N–H and O–H groups in total. The molecular weight excluding hydrogens is 214 g/mol. The maximum absolute atomic E-state index is 5.85. The van der Waals surface area contributed by atoms with Gasteiger partial charge in [0, 0.05) is 0 Å². The number of hydrogen-bond donors (Lipinski definition) is 0. The summed E-state index contributed by atoms with van der Waals surface area (Å²) < 4.78 is -1.44. The van der Waals surface area contributed by atoms with Crippen LogP contribution in [-0.2, 0) is 0 Å². The van der Waals surface area contributed by atoms with Crippen molar-refractivity contribution in [2.75, 3.05) is 0 Å². The molecule has 0 nitrogen and oxygen atoms in total. The Hall–Kier alpha value is 0.900. The normalized spacial score (nSPS) is 18.1. The summed E-state index contributed by atoms with van der Waals surface area (Å²) in [6.45, 7) is 5.15. The third kappa shape index (κ3) is 2.87. The Morgan fingerprint density at radius 1 is 1.30 bits per heavy atom. The third-order valence-electron chi connectivity index (χ3n) is 1.12. The van der Waals surface area contributed by atoms with Crippen LogP contribution >= 0.6 is 46.4 Å². The van der Waals surface area contributed by atoms with E-state index in [9.17, 15) is 0 Å². The lowest BCUT2D eigenvalue weighted by Crippen LogP contribution is -2.32. The molecule has 1 unspecified atom stereocenters. The van der Waals surface area contributed by atoms with Crippen molar-refractivity contribution in [2.24, 2.45) is 0 Å². The minimum atomic E-state index is -1.44. The fourth-order valence-corrected chi connectivity index (χ4v) is 0.727. The van der Waals surface area contributed by atoms with E-state index in [0.717, 1.165) is 0 Å². The third-order valence-corrected chi connectivity index (χ3v) is 3.10. The van der Waals surface area contributed by atoms with E-state index in [2.05, 4.69) is 6.58 Å². The Bertz CT molecular complexity index is 122. The number of alkyl halides is 4. The van der Waals surface area contributed by atoms with Gasteiger partial charge in [-0.25, -0.2) is 0 Å². The zero-order valence-corrected chi connectivity index (χ0v) is 8.53. The van der Waals surface area contributed by atoms with Gasteiger partial charge in [-0.05, 0) is 13.3 Å². The summed E-state index contributed by atoms with van der Waals surface area (Å²) in [6, 6.07) is 0. The van der Waals surface area contributed by atoms with Crippen LogP contribution in [0.5, 0.6) is 0 Å². The van der Waals surface area contributed by atoms with Crippen LogP contribution in [0.25, 0.3) is 0 Å². The van der Waals surface area contributed by atoms with Gasteiger partial charge in [0.15, 0.2) is 0 Å². The number of halogens is 4. The molecule has 60 valence electrons. The predicted octanol–water partition coefficient (Wildman–Crippen LogP) is 3.93. The maximum atomic E-state index is 5.85. The first-order chi connectivity index (χ1) is 4.31. The van der Waals surface area contributed by atoms with Gasteiger partial charge in [-0.2, -0.15) is 0 Å². The van der Waals surface area contributed by atoms with E-state index in [4.69, 9.17) is 46.4 Å². The van der Waals surface area contributed by atoms with Crippen LogP contribution in [0.3, 0.4) is 0 Å². The molecule has 0 aromatic rings. The molecule has 10 heavy (non-hydrogen) atoms. The first kappa shape index (κ1) is 10.9. The van der Waals surface area contributed by atoms with E-state index in [0.29, 0.717) is 6.42 Å². The van der Waals surface area contributed by atoms with Gasteiger partial charge in [0.2, 0.25) is 3.79 Å². The quantitative estimate of drug-likeness (QED) is 0.490. The van der Waals surface area contributed by atoms with E-state index in [1.807, 2.05) is 0 Å². The average molecular weight is 222 g/mol. The van der Waals surface area contributed by atoms with E-state index in [1.165, 1.54) is 0 Å². The molecule has 0 aromatic heterocycles. The van der Waals surface area contributed by atoms with Gasteiger partial charge in [-0.3, -0.25) is 0 Å². The van der Waals surface area contributed by atoms with Crippen LogP contribution in [0.4, 0.5) is 0 Å². The Morgan fingerprint density at radius 3 is 1.80 bits per heavy atom. The van der Waals surface area contributed by atoms with Crippen molar-refractivity contribution in [1.82, 2.24) is 0 Å². The van der Waals surface area contributed by atoms with Gasteiger partial charge in [0.25, 0.3) is 0 Å². The molecule has 0 aliphatic heterocycles. The van der Waals surface area contributed by atoms with Crippen molar-refractivity contribution in [3.05, 3.63) is 12.7 Å². The smallest absolute Gasteiger partial charge is 0.115 e. The summed E-state index contributed by atoms with van der Waals surface area (Å²) in [5.41, 5.74) is 0. The van der Waals surface area contributed by atoms with Gasteiger partial charge in [-0.15, -0.1) is 18.2 Å². The van der Waals surface area contributed by atoms with Crippen molar-refractivity contribution in [1.29, 1.82) is 0 Å². The van der Waals surface area contributed by atoms with Gasteiger partial charge < -0.3 is 0 Å². The number of rotatable bonds is 2. The molecule has 0 bridgehead atoms. The topological polar surface area (TPSA) is 0 Å². The Kier molecular flexibility index (Phi) is 3.85. The molecular formula is C6H8Cl4. The lowest BCUT2D eigenvalue weighted by molar-refractivity contribution is 0.655. The highest BCUT2D eigenvalue weighted by Crippen LogP contribution is 2.44. The van der Waals surface area contributed by atoms with E-state index >= 15 is 0 Å². The molecule has 0 radical (unpaired) electrons. The highest BCUT2D eigenvalue weighted by Gasteiger charge is 2.41. The van der Waals surface area contributed by atoms with Crippen LogP contribution in [0.2, 0.25) is 0 Å². The van der Waals surface area contributed by atoms with Crippen molar-refractivity contribution < 1.29 is 0 Å². The van der Waals surface area contributed by atoms with Crippen molar-refractivity contribution >= 4 is 46.4 Å². The molecule has 1 atom stereocenters. The van der Waals surface area contributed by atoms with Crippen LogP contribution in [0.1, 0.15) is 13.3 Å². The molecule has 0 aromatic carbocycles. The molecule has 4 heteroatoms. The lowest BCUT2D eigenvalue weighted by Gasteiger charge is -2.28. The summed E-state index contributed by atoms with van der Waals surface area (Å²) in [5.74, 6) is 0. The molecule has 0 spiro atoms. The largest absolute Gasteiger partial charge is 0.209 e. The van der Waals surface area contributed by atoms with Gasteiger partial charge in [-0.1, -0.05) is 40.9 Å². The maximum Gasteiger partial charge on any atom is 0.209 e. The van der Waals surface area contributed by atoms with Crippen LogP contribution in [0, 0.1) is 0 Å². The van der Waals surface area contributed by atoms with E-state index < -0.39 is 8.67 Å². The zero-order valence-electron chi connectivity index (χ0n) is 5.50. The summed E-state index contributed by atoms with van der Waals surface area (Å²) >= 11 is 22.5.